The second kappa shape index (κ2) is 5.07. The molecule has 0 spiro atoms. The fraction of sp³-hybridized carbons (Fsp3) is 0.571. The number of carbonyl (C=O) groups excluding carboxylic acids is 1. The molecule has 0 unspecified atom stereocenters. The summed E-state index contributed by atoms with van der Waals surface area (Å²) in [4.78, 5) is 23.0. The van der Waals surface area contributed by atoms with Crippen LogP contribution < -0.4 is 5.32 Å². The van der Waals surface area contributed by atoms with Crippen LogP contribution >= 0.6 is 0 Å². The van der Waals surface area contributed by atoms with Crippen molar-refractivity contribution in [2.45, 2.75) is 51.5 Å². The van der Waals surface area contributed by atoms with E-state index in [0.717, 1.165) is 24.2 Å². The molecule has 0 atom stereocenters. The van der Waals surface area contributed by atoms with Crippen molar-refractivity contribution in [1.82, 2.24) is 5.32 Å². The number of amides is 1. The van der Waals surface area contributed by atoms with Gasteiger partial charge in [-0.3, -0.25) is 9.59 Å². The van der Waals surface area contributed by atoms with Crippen molar-refractivity contribution >= 4 is 11.9 Å². The molecule has 104 valence electrons. The maximum Gasteiger partial charge on any atom is 0.305 e. The largest absolute Gasteiger partial charge is 0.481 e. The molecule has 0 aliphatic heterocycles. The molecule has 1 saturated carbocycles. The van der Waals surface area contributed by atoms with Gasteiger partial charge >= 0.3 is 5.97 Å². The summed E-state index contributed by atoms with van der Waals surface area (Å²) in [6, 6.07) is 1.71. The van der Waals surface area contributed by atoms with Gasteiger partial charge in [-0.25, -0.2) is 0 Å². The smallest absolute Gasteiger partial charge is 0.305 e. The van der Waals surface area contributed by atoms with Gasteiger partial charge in [0.05, 0.1) is 12.0 Å². The van der Waals surface area contributed by atoms with E-state index in [9.17, 15) is 9.59 Å². The van der Waals surface area contributed by atoms with E-state index in [4.69, 9.17) is 9.52 Å². The Morgan fingerprint density at radius 3 is 2.58 bits per heavy atom. The summed E-state index contributed by atoms with van der Waals surface area (Å²) < 4.78 is 5.49. The van der Waals surface area contributed by atoms with Crippen LogP contribution in [0.4, 0.5) is 0 Å². The van der Waals surface area contributed by atoms with Crippen LogP contribution in [0, 0.1) is 6.92 Å². The number of aryl methyl sites for hydroxylation is 2. The van der Waals surface area contributed by atoms with E-state index in [-0.39, 0.29) is 18.1 Å². The Hall–Kier alpha value is -1.78. The van der Waals surface area contributed by atoms with Crippen LogP contribution in [0.15, 0.2) is 10.5 Å². The van der Waals surface area contributed by atoms with Gasteiger partial charge in [-0.05, 0) is 37.8 Å². The number of rotatable bonds is 5. The van der Waals surface area contributed by atoms with Gasteiger partial charge in [-0.15, -0.1) is 0 Å². The van der Waals surface area contributed by atoms with Crippen LogP contribution in [0.25, 0.3) is 0 Å². The monoisotopic (exact) mass is 265 g/mol. The van der Waals surface area contributed by atoms with Gasteiger partial charge in [0.2, 0.25) is 0 Å². The van der Waals surface area contributed by atoms with Crippen molar-refractivity contribution in [1.29, 1.82) is 0 Å². The summed E-state index contributed by atoms with van der Waals surface area (Å²) in [5.41, 5.74) is 0.365. The summed E-state index contributed by atoms with van der Waals surface area (Å²) >= 11 is 0. The molecule has 1 aromatic heterocycles. The minimum atomic E-state index is -0.884. The zero-order valence-corrected chi connectivity index (χ0v) is 11.3. The first-order valence-electron chi connectivity index (χ1n) is 6.59. The molecule has 5 heteroatoms. The van der Waals surface area contributed by atoms with Gasteiger partial charge in [0.1, 0.15) is 5.76 Å². The third-order valence-corrected chi connectivity index (χ3v) is 3.74. The fourth-order valence-electron chi connectivity index (χ4n) is 2.52. The summed E-state index contributed by atoms with van der Waals surface area (Å²) in [5.74, 6) is -0.134. The Labute approximate surface area is 112 Å². The van der Waals surface area contributed by atoms with Gasteiger partial charge in [0.25, 0.3) is 5.91 Å². The Morgan fingerprint density at radius 2 is 2.16 bits per heavy atom. The van der Waals surface area contributed by atoms with E-state index in [1.807, 2.05) is 13.8 Å². The number of hydrogen-bond donors (Lipinski definition) is 2. The van der Waals surface area contributed by atoms with E-state index in [1.54, 1.807) is 6.07 Å². The first kappa shape index (κ1) is 13.6. The predicted molar refractivity (Wildman–Crippen MR) is 69.1 cm³/mol. The average molecular weight is 265 g/mol. The lowest BCUT2D eigenvalue weighted by Gasteiger charge is -2.41. The predicted octanol–water partition coefficient (Wildman–Crippen LogP) is 2.28. The fourth-order valence-corrected chi connectivity index (χ4v) is 2.52. The molecule has 1 fully saturated rings. The van der Waals surface area contributed by atoms with E-state index >= 15 is 0 Å². The van der Waals surface area contributed by atoms with Crippen LogP contribution in [0.2, 0.25) is 0 Å². The van der Waals surface area contributed by atoms with Crippen LogP contribution in [0.1, 0.15) is 54.5 Å². The zero-order chi connectivity index (χ0) is 14.0. The summed E-state index contributed by atoms with van der Waals surface area (Å²) in [7, 11) is 0. The highest BCUT2D eigenvalue weighted by Gasteiger charge is 2.41. The lowest BCUT2D eigenvalue weighted by atomic mass is 9.74. The van der Waals surface area contributed by atoms with Gasteiger partial charge in [0.15, 0.2) is 5.76 Å². The lowest BCUT2D eigenvalue weighted by Crippen LogP contribution is -2.54. The van der Waals surface area contributed by atoms with Crippen molar-refractivity contribution < 1.29 is 19.1 Å². The molecule has 1 aliphatic rings. The number of carboxylic acids is 1. The Morgan fingerprint density at radius 1 is 1.47 bits per heavy atom. The number of carbonyl (C=O) groups is 2. The highest BCUT2D eigenvalue weighted by atomic mass is 16.4. The SMILES string of the molecule is CCc1oc(C(=O)NC2(CC(=O)O)CCC2)cc1C. The molecule has 2 rings (SSSR count). The number of nitrogens with one attached hydrogen (secondary N) is 1. The quantitative estimate of drug-likeness (QED) is 0.856. The topological polar surface area (TPSA) is 79.5 Å². The molecule has 19 heavy (non-hydrogen) atoms. The molecule has 0 bridgehead atoms. The maximum absolute atomic E-state index is 12.1. The van der Waals surface area contributed by atoms with Gasteiger partial charge in [-0.2, -0.15) is 0 Å². The van der Waals surface area contributed by atoms with E-state index in [0.29, 0.717) is 12.8 Å². The van der Waals surface area contributed by atoms with Crippen molar-refractivity contribution in [3.63, 3.8) is 0 Å². The number of carboxylic acid groups (broad SMARTS) is 1. The second-order valence-corrected chi connectivity index (χ2v) is 5.23. The highest BCUT2D eigenvalue weighted by molar-refractivity contribution is 5.92. The van der Waals surface area contributed by atoms with Crippen molar-refractivity contribution in [2.75, 3.05) is 0 Å². The molecule has 1 aromatic rings. The van der Waals surface area contributed by atoms with Crippen LogP contribution in [-0.2, 0) is 11.2 Å². The number of furan rings is 1. The van der Waals surface area contributed by atoms with Crippen molar-refractivity contribution in [3.05, 3.63) is 23.2 Å². The molecule has 0 radical (unpaired) electrons. The van der Waals surface area contributed by atoms with Gasteiger partial charge in [0, 0.05) is 6.42 Å². The normalized spacial score (nSPS) is 16.7. The molecule has 0 saturated heterocycles. The van der Waals surface area contributed by atoms with E-state index in [1.165, 1.54) is 0 Å². The Bertz CT molecular complexity index is 500. The Kier molecular flexibility index (Phi) is 3.64. The molecule has 0 aromatic carbocycles. The number of aliphatic carboxylic acids is 1. The Balaban J connectivity index is 2.09. The maximum atomic E-state index is 12.1. The molecule has 1 amide bonds. The minimum absolute atomic E-state index is 0.0287. The molecular weight excluding hydrogens is 246 g/mol. The third kappa shape index (κ3) is 2.80. The summed E-state index contributed by atoms with van der Waals surface area (Å²) in [6.45, 7) is 3.86. The summed E-state index contributed by atoms with van der Waals surface area (Å²) in [6.07, 6.45) is 3.08. The second-order valence-electron chi connectivity index (χ2n) is 5.23. The van der Waals surface area contributed by atoms with E-state index in [2.05, 4.69) is 5.32 Å². The number of hydrogen-bond acceptors (Lipinski definition) is 3. The minimum Gasteiger partial charge on any atom is -0.481 e. The van der Waals surface area contributed by atoms with Crippen LogP contribution in [-0.4, -0.2) is 22.5 Å². The van der Waals surface area contributed by atoms with E-state index < -0.39 is 11.5 Å². The third-order valence-electron chi connectivity index (χ3n) is 3.74. The molecule has 1 aliphatic carbocycles. The first-order valence-corrected chi connectivity index (χ1v) is 6.59. The zero-order valence-electron chi connectivity index (χ0n) is 11.3. The van der Waals surface area contributed by atoms with Gasteiger partial charge < -0.3 is 14.8 Å². The molecule has 1 heterocycles. The first-order chi connectivity index (χ1) is 8.96. The molecule has 2 N–H and O–H groups in total. The average Bonchev–Trinajstić information content (AvgIpc) is 2.67. The standard InChI is InChI=1S/C14H19NO4/c1-3-10-9(2)7-11(19-10)13(18)15-14(5-4-6-14)8-12(16)17/h7H,3-6,8H2,1-2H3,(H,15,18)(H,16,17). The van der Waals surface area contributed by atoms with Crippen molar-refractivity contribution in [3.8, 4) is 0 Å². The molecular formula is C14H19NO4. The van der Waals surface area contributed by atoms with Crippen molar-refractivity contribution in [2.24, 2.45) is 0 Å². The van der Waals surface area contributed by atoms with Crippen LogP contribution in [0.3, 0.4) is 0 Å². The molecule has 5 nitrogen and oxygen atoms in total. The van der Waals surface area contributed by atoms with Crippen LogP contribution in [0.5, 0.6) is 0 Å². The summed E-state index contributed by atoms with van der Waals surface area (Å²) in [5, 5.41) is 11.7. The van der Waals surface area contributed by atoms with Gasteiger partial charge in [-0.1, -0.05) is 6.92 Å². The highest BCUT2D eigenvalue weighted by Crippen LogP contribution is 2.35. The lowest BCUT2D eigenvalue weighted by molar-refractivity contribution is -0.139.